The topological polar surface area (TPSA) is 86.0 Å². The number of rotatable bonds is 6. The summed E-state index contributed by atoms with van der Waals surface area (Å²) in [5.41, 5.74) is 0.404. The molecule has 5 aromatic rings. The van der Waals surface area contributed by atoms with Gasteiger partial charge < -0.3 is 5.32 Å². The molecule has 0 aliphatic carbocycles. The average molecular weight is 463 g/mol. The van der Waals surface area contributed by atoms with E-state index in [-0.39, 0.29) is 24.6 Å². The molecule has 0 saturated carbocycles. The number of nitrogens with one attached hydrogen (secondary N) is 1. The zero-order valence-electron chi connectivity index (χ0n) is 16.9. The standard InChI is InChI=1S/C23H18N4O3S2/c28-20(25-22-24-17-8-2-4-10-19(17)32-22)14-27-18-9-3-1-7-16(18)21(29)26(23(27)30)12-11-15-6-5-13-31-15/h1-10,13H,11-12,14H2,(H,24,25,28). The van der Waals surface area contributed by atoms with Crippen LogP contribution in [0.5, 0.6) is 0 Å². The number of thiazole rings is 1. The van der Waals surface area contributed by atoms with Crippen molar-refractivity contribution in [2.75, 3.05) is 5.32 Å². The summed E-state index contributed by atoms with van der Waals surface area (Å²) >= 11 is 2.95. The first-order chi connectivity index (χ1) is 15.6. The maximum atomic E-state index is 13.2. The van der Waals surface area contributed by atoms with Crippen molar-refractivity contribution in [3.05, 3.63) is 91.8 Å². The van der Waals surface area contributed by atoms with Crippen LogP contribution in [0.25, 0.3) is 21.1 Å². The number of hydrogen-bond donors (Lipinski definition) is 1. The van der Waals surface area contributed by atoms with E-state index in [0.29, 0.717) is 22.5 Å². The summed E-state index contributed by atoms with van der Waals surface area (Å²) in [5.74, 6) is -0.375. The molecule has 2 aromatic carbocycles. The van der Waals surface area contributed by atoms with E-state index in [2.05, 4.69) is 10.3 Å². The molecule has 32 heavy (non-hydrogen) atoms. The lowest BCUT2D eigenvalue weighted by atomic mass is 10.2. The highest BCUT2D eigenvalue weighted by atomic mass is 32.1. The third-order valence-corrected chi connectivity index (χ3v) is 7.02. The monoisotopic (exact) mass is 462 g/mol. The number of thiophene rings is 1. The minimum atomic E-state index is -0.496. The summed E-state index contributed by atoms with van der Waals surface area (Å²) in [7, 11) is 0. The Kier molecular flexibility index (Phi) is 5.42. The van der Waals surface area contributed by atoms with Crippen LogP contribution in [0.4, 0.5) is 5.13 Å². The van der Waals surface area contributed by atoms with E-state index < -0.39 is 5.69 Å². The zero-order chi connectivity index (χ0) is 22.1. The normalized spacial score (nSPS) is 11.2. The van der Waals surface area contributed by atoms with Gasteiger partial charge in [-0.2, -0.15) is 0 Å². The Morgan fingerprint density at radius 3 is 2.59 bits per heavy atom. The first kappa shape index (κ1) is 20.3. The molecule has 1 amide bonds. The molecule has 0 unspecified atom stereocenters. The maximum Gasteiger partial charge on any atom is 0.331 e. The van der Waals surface area contributed by atoms with Crippen LogP contribution >= 0.6 is 22.7 Å². The molecule has 0 aliphatic heterocycles. The lowest BCUT2D eigenvalue weighted by molar-refractivity contribution is -0.116. The number of aryl methyl sites for hydroxylation is 1. The number of carbonyl (C=O) groups is 1. The molecule has 0 bridgehead atoms. The molecule has 7 nitrogen and oxygen atoms in total. The third kappa shape index (κ3) is 3.88. The summed E-state index contributed by atoms with van der Waals surface area (Å²) in [4.78, 5) is 44.5. The summed E-state index contributed by atoms with van der Waals surface area (Å²) in [6.07, 6.45) is 0.572. The van der Waals surface area contributed by atoms with Crippen molar-refractivity contribution >= 4 is 54.8 Å². The number of hydrogen-bond acceptors (Lipinski definition) is 6. The van der Waals surface area contributed by atoms with Crippen LogP contribution in [0.1, 0.15) is 4.88 Å². The van der Waals surface area contributed by atoms with Gasteiger partial charge in [0.2, 0.25) is 5.91 Å². The largest absolute Gasteiger partial charge is 0.331 e. The number of para-hydroxylation sites is 2. The molecular weight excluding hydrogens is 444 g/mol. The van der Waals surface area contributed by atoms with Gasteiger partial charge in [-0.3, -0.25) is 18.7 Å². The van der Waals surface area contributed by atoms with Gasteiger partial charge in [-0.05, 0) is 42.1 Å². The van der Waals surface area contributed by atoms with Gasteiger partial charge in [0, 0.05) is 11.4 Å². The van der Waals surface area contributed by atoms with Gasteiger partial charge in [0.25, 0.3) is 5.56 Å². The summed E-state index contributed by atoms with van der Waals surface area (Å²) in [6.45, 7) is 0.0387. The third-order valence-electron chi connectivity index (χ3n) is 5.14. The SMILES string of the molecule is O=C(Cn1c(=O)n(CCc2cccs2)c(=O)c2ccccc21)Nc1nc2ccccc2s1. The van der Waals surface area contributed by atoms with E-state index in [0.717, 1.165) is 15.1 Å². The molecule has 1 N–H and O–H groups in total. The van der Waals surface area contributed by atoms with Gasteiger partial charge in [-0.1, -0.05) is 41.7 Å². The fraction of sp³-hybridized carbons (Fsp3) is 0.130. The van der Waals surface area contributed by atoms with Crippen molar-refractivity contribution in [2.24, 2.45) is 0 Å². The fourth-order valence-electron chi connectivity index (χ4n) is 3.63. The van der Waals surface area contributed by atoms with Crippen LogP contribution in [0.3, 0.4) is 0 Å². The molecular formula is C23H18N4O3S2. The Hall–Kier alpha value is -3.56. The number of amides is 1. The first-order valence-corrected chi connectivity index (χ1v) is 11.7. The lowest BCUT2D eigenvalue weighted by Crippen LogP contribution is -2.42. The number of carbonyl (C=O) groups excluding carboxylic acids is 1. The second-order valence-corrected chi connectivity index (χ2v) is 9.27. The molecule has 0 fully saturated rings. The van der Waals surface area contributed by atoms with E-state index in [1.165, 1.54) is 20.5 Å². The highest BCUT2D eigenvalue weighted by molar-refractivity contribution is 7.22. The minimum absolute atomic E-state index is 0.214. The van der Waals surface area contributed by atoms with Crippen LogP contribution in [0.15, 0.2) is 75.6 Å². The predicted octanol–water partition coefficient (Wildman–Crippen LogP) is 3.72. The lowest BCUT2D eigenvalue weighted by Gasteiger charge is -2.13. The van der Waals surface area contributed by atoms with Gasteiger partial charge in [0.15, 0.2) is 5.13 Å². The van der Waals surface area contributed by atoms with Crippen LogP contribution in [-0.4, -0.2) is 20.0 Å². The van der Waals surface area contributed by atoms with Crippen molar-refractivity contribution in [3.63, 3.8) is 0 Å². The second kappa shape index (κ2) is 8.52. The molecule has 5 rings (SSSR count). The van der Waals surface area contributed by atoms with Crippen molar-refractivity contribution in [3.8, 4) is 0 Å². The van der Waals surface area contributed by atoms with Crippen LogP contribution in [0, 0.1) is 0 Å². The van der Waals surface area contributed by atoms with Crippen LogP contribution < -0.4 is 16.6 Å². The molecule has 0 aliphatic rings. The molecule has 0 spiro atoms. The molecule has 0 saturated heterocycles. The van der Waals surface area contributed by atoms with Gasteiger partial charge in [0.05, 0.1) is 21.1 Å². The molecule has 3 heterocycles. The highest BCUT2D eigenvalue weighted by Gasteiger charge is 2.16. The first-order valence-electron chi connectivity index (χ1n) is 10.0. The molecule has 9 heteroatoms. The van der Waals surface area contributed by atoms with Gasteiger partial charge in [0.1, 0.15) is 6.54 Å². The number of anilines is 1. The van der Waals surface area contributed by atoms with Gasteiger partial charge in [-0.25, -0.2) is 9.78 Å². The fourth-order valence-corrected chi connectivity index (χ4v) is 5.21. The zero-order valence-corrected chi connectivity index (χ0v) is 18.5. The van der Waals surface area contributed by atoms with E-state index in [1.807, 2.05) is 41.8 Å². The number of fused-ring (bicyclic) bond motifs is 2. The maximum absolute atomic E-state index is 13.2. The van der Waals surface area contributed by atoms with Crippen LogP contribution in [0.2, 0.25) is 0 Å². The summed E-state index contributed by atoms with van der Waals surface area (Å²) in [6, 6.07) is 18.4. The minimum Gasteiger partial charge on any atom is -0.300 e. The van der Waals surface area contributed by atoms with Crippen molar-refractivity contribution in [1.29, 1.82) is 0 Å². The van der Waals surface area contributed by atoms with Gasteiger partial charge in [-0.15, -0.1) is 11.3 Å². The number of benzene rings is 2. The summed E-state index contributed by atoms with van der Waals surface area (Å²) < 4.78 is 3.54. The Labute approximate surface area is 190 Å². The molecule has 0 radical (unpaired) electrons. The van der Waals surface area contributed by atoms with Crippen molar-refractivity contribution in [2.45, 2.75) is 19.5 Å². The Morgan fingerprint density at radius 1 is 0.969 bits per heavy atom. The quantitative estimate of drug-likeness (QED) is 0.417. The van der Waals surface area contributed by atoms with Crippen molar-refractivity contribution < 1.29 is 4.79 Å². The Balaban J connectivity index is 1.48. The Bertz CT molecular complexity index is 1510. The summed E-state index contributed by atoms with van der Waals surface area (Å²) in [5, 5.41) is 5.62. The Morgan fingerprint density at radius 2 is 1.78 bits per heavy atom. The molecule has 0 atom stereocenters. The number of aromatic nitrogens is 3. The molecule has 160 valence electrons. The van der Waals surface area contributed by atoms with E-state index in [9.17, 15) is 14.4 Å². The van der Waals surface area contributed by atoms with E-state index in [1.54, 1.807) is 35.6 Å². The number of nitrogens with zero attached hydrogens (tertiary/aromatic N) is 3. The van der Waals surface area contributed by atoms with Crippen molar-refractivity contribution in [1.82, 2.24) is 14.1 Å². The molecule has 3 aromatic heterocycles. The van der Waals surface area contributed by atoms with Crippen LogP contribution in [-0.2, 0) is 24.3 Å². The smallest absolute Gasteiger partial charge is 0.300 e. The predicted molar refractivity (Wildman–Crippen MR) is 129 cm³/mol. The highest BCUT2D eigenvalue weighted by Crippen LogP contribution is 2.25. The average Bonchev–Trinajstić information content (AvgIpc) is 3.46. The van der Waals surface area contributed by atoms with E-state index >= 15 is 0 Å². The second-order valence-electron chi connectivity index (χ2n) is 7.21. The van der Waals surface area contributed by atoms with Gasteiger partial charge >= 0.3 is 5.69 Å². The van der Waals surface area contributed by atoms with E-state index in [4.69, 9.17) is 0 Å².